The third-order valence-corrected chi connectivity index (χ3v) is 4.10. The van der Waals surface area contributed by atoms with Crippen LogP contribution in [0.15, 0.2) is 34.0 Å². The van der Waals surface area contributed by atoms with Crippen molar-refractivity contribution in [2.45, 2.75) is 38.0 Å². The highest BCUT2D eigenvalue weighted by Gasteiger charge is 2.21. The van der Waals surface area contributed by atoms with Gasteiger partial charge in [0.15, 0.2) is 6.23 Å². The van der Waals surface area contributed by atoms with Crippen molar-refractivity contribution >= 4 is 12.0 Å². The molecule has 1 aliphatic rings. The normalized spacial score (nSPS) is 19.0. The summed E-state index contributed by atoms with van der Waals surface area (Å²) in [5, 5.41) is 11.8. The smallest absolute Gasteiger partial charge is 0.330 e. The number of rotatable bonds is 10. The van der Waals surface area contributed by atoms with Crippen LogP contribution < -0.4 is 22.3 Å². The monoisotopic (exact) mass is 378 g/mol. The van der Waals surface area contributed by atoms with Crippen LogP contribution in [0.2, 0.25) is 0 Å². The quantitative estimate of drug-likeness (QED) is 0.249. The van der Waals surface area contributed by atoms with Crippen molar-refractivity contribution in [3.63, 3.8) is 0 Å². The van der Waals surface area contributed by atoms with Gasteiger partial charge in [-0.25, -0.2) is 4.79 Å². The largest absolute Gasteiger partial charge is 0.393 e. The van der Waals surface area contributed by atoms with Gasteiger partial charge in [-0.05, 0) is 31.5 Å². The Morgan fingerprint density at radius 3 is 2.78 bits per heavy atom. The summed E-state index contributed by atoms with van der Waals surface area (Å²) < 4.78 is 6.66. The van der Waals surface area contributed by atoms with Gasteiger partial charge >= 0.3 is 5.69 Å². The number of ether oxygens (including phenoxy) is 1. The lowest BCUT2D eigenvalue weighted by Crippen LogP contribution is -2.33. The molecule has 1 amide bonds. The summed E-state index contributed by atoms with van der Waals surface area (Å²) in [5.74, 6) is -0.316. The van der Waals surface area contributed by atoms with Crippen molar-refractivity contribution in [2.75, 3.05) is 19.7 Å². The van der Waals surface area contributed by atoms with Crippen LogP contribution in [0.1, 0.15) is 37.5 Å². The van der Waals surface area contributed by atoms with E-state index in [0.29, 0.717) is 13.1 Å². The summed E-state index contributed by atoms with van der Waals surface area (Å²) in [6, 6.07) is 0. The topological polar surface area (TPSA) is 139 Å². The van der Waals surface area contributed by atoms with Crippen molar-refractivity contribution in [3.05, 3.63) is 50.8 Å². The summed E-state index contributed by atoms with van der Waals surface area (Å²) in [6.07, 6.45) is 9.83. The van der Waals surface area contributed by atoms with Crippen LogP contribution >= 0.6 is 0 Å². The fourth-order valence-electron chi connectivity index (χ4n) is 2.62. The predicted octanol–water partition coefficient (Wildman–Crippen LogP) is -0.369. The molecule has 0 fully saturated rings. The van der Waals surface area contributed by atoms with E-state index in [2.05, 4.69) is 10.3 Å². The molecule has 9 heteroatoms. The number of aromatic nitrogens is 2. The van der Waals surface area contributed by atoms with Gasteiger partial charge in [0.05, 0.1) is 12.2 Å². The van der Waals surface area contributed by atoms with Crippen LogP contribution in [-0.4, -0.2) is 46.4 Å². The molecule has 2 atom stereocenters. The molecule has 0 bridgehead atoms. The zero-order valence-electron chi connectivity index (χ0n) is 15.1. The Labute approximate surface area is 156 Å². The second-order valence-electron chi connectivity index (χ2n) is 6.21. The molecule has 0 spiro atoms. The second-order valence-corrected chi connectivity index (χ2v) is 6.21. The van der Waals surface area contributed by atoms with Gasteiger partial charge in [-0.2, -0.15) is 0 Å². The van der Waals surface area contributed by atoms with Gasteiger partial charge in [0.2, 0.25) is 5.91 Å². The number of amides is 1. The van der Waals surface area contributed by atoms with Gasteiger partial charge in [-0.3, -0.25) is 19.1 Å². The molecule has 148 valence electrons. The molecular weight excluding hydrogens is 352 g/mol. The zero-order chi connectivity index (χ0) is 19.6. The molecule has 9 nitrogen and oxygen atoms in total. The van der Waals surface area contributed by atoms with Crippen LogP contribution in [0.5, 0.6) is 0 Å². The molecular formula is C18H26N4O5. The molecule has 0 aliphatic carbocycles. The molecule has 2 rings (SSSR count). The minimum Gasteiger partial charge on any atom is -0.393 e. The first-order valence-corrected chi connectivity index (χ1v) is 9.01. The summed E-state index contributed by atoms with van der Waals surface area (Å²) in [6.45, 7) is 1.02. The zero-order valence-corrected chi connectivity index (χ0v) is 15.1. The van der Waals surface area contributed by atoms with Crippen molar-refractivity contribution in [1.82, 2.24) is 14.9 Å². The molecule has 0 saturated heterocycles. The molecule has 0 saturated carbocycles. The highest BCUT2D eigenvalue weighted by atomic mass is 16.5. The molecule has 0 radical (unpaired) electrons. The molecule has 2 heterocycles. The van der Waals surface area contributed by atoms with E-state index < -0.39 is 23.6 Å². The Hall–Kier alpha value is -2.49. The maximum absolute atomic E-state index is 12.0. The van der Waals surface area contributed by atoms with Gasteiger partial charge in [0, 0.05) is 18.8 Å². The number of aromatic amines is 1. The number of aliphatic hydroxyl groups is 1. The molecule has 27 heavy (non-hydrogen) atoms. The number of hydrogen-bond acceptors (Lipinski definition) is 6. The van der Waals surface area contributed by atoms with Gasteiger partial charge in [-0.15, -0.1) is 0 Å². The van der Waals surface area contributed by atoms with Gasteiger partial charge < -0.3 is 20.9 Å². The number of hydrogen-bond donors (Lipinski definition) is 4. The summed E-state index contributed by atoms with van der Waals surface area (Å²) in [5.41, 5.74) is 4.34. The van der Waals surface area contributed by atoms with Crippen LogP contribution in [-0.2, 0) is 9.53 Å². The minimum absolute atomic E-state index is 0.150. The molecule has 1 aromatic heterocycles. The van der Waals surface area contributed by atoms with E-state index in [1.54, 1.807) is 12.2 Å². The lowest BCUT2D eigenvalue weighted by molar-refractivity contribution is -0.116. The Kier molecular flexibility index (Phi) is 8.18. The average molecular weight is 378 g/mol. The summed E-state index contributed by atoms with van der Waals surface area (Å²) >= 11 is 0. The molecule has 5 N–H and O–H groups in total. The molecule has 1 aliphatic heterocycles. The van der Waals surface area contributed by atoms with E-state index >= 15 is 0 Å². The Morgan fingerprint density at radius 1 is 1.30 bits per heavy atom. The van der Waals surface area contributed by atoms with E-state index in [0.717, 1.165) is 25.7 Å². The van der Waals surface area contributed by atoms with Crippen LogP contribution in [0.4, 0.5) is 0 Å². The fourth-order valence-corrected chi connectivity index (χ4v) is 2.62. The third-order valence-electron chi connectivity index (χ3n) is 4.10. The number of nitrogens with one attached hydrogen (secondary N) is 2. The first kappa shape index (κ1) is 20.8. The number of H-pyrrole nitrogens is 1. The maximum atomic E-state index is 12.0. The molecule has 2 unspecified atom stereocenters. The standard InChI is InChI=1S/C18H26N4O5/c19-9-3-1-2-4-10-20-15(24)7-5-13-11-22(18(26)21-17(13)25)16-8-6-14(12-23)27-16/h5-8,11,14,16,23H,1-4,9-10,12,19H2,(H,20,24)(H,21,25,26)/b7-5+. The van der Waals surface area contributed by atoms with E-state index in [4.69, 9.17) is 15.6 Å². The highest BCUT2D eigenvalue weighted by molar-refractivity contribution is 5.91. The van der Waals surface area contributed by atoms with Crippen molar-refractivity contribution in [3.8, 4) is 0 Å². The van der Waals surface area contributed by atoms with Gasteiger partial charge in [-0.1, -0.05) is 18.9 Å². The van der Waals surface area contributed by atoms with Gasteiger partial charge in [0.25, 0.3) is 5.56 Å². The van der Waals surface area contributed by atoms with Crippen molar-refractivity contribution in [1.29, 1.82) is 0 Å². The SMILES string of the molecule is NCCCCCCNC(=O)/C=C/c1cn(C2C=CC(CO)O2)c(=O)[nH]c1=O. The number of carbonyl (C=O) groups is 1. The van der Waals surface area contributed by atoms with Crippen LogP contribution in [0, 0.1) is 0 Å². The highest BCUT2D eigenvalue weighted by Crippen LogP contribution is 2.19. The third kappa shape index (κ3) is 6.31. The number of nitrogens with zero attached hydrogens (tertiary/aromatic N) is 1. The van der Waals surface area contributed by atoms with Gasteiger partial charge in [0.1, 0.15) is 6.10 Å². The first-order chi connectivity index (χ1) is 13.0. The number of aliphatic hydroxyl groups excluding tert-OH is 1. The van der Waals surface area contributed by atoms with E-state index in [-0.39, 0.29) is 18.1 Å². The Bertz CT molecular complexity index is 796. The first-order valence-electron chi connectivity index (χ1n) is 9.01. The predicted molar refractivity (Wildman–Crippen MR) is 101 cm³/mol. The van der Waals surface area contributed by atoms with E-state index in [1.165, 1.54) is 22.9 Å². The summed E-state index contributed by atoms with van der Waals surface area (Å²) in [4.78, 5) is 38.0. The van der Waals surface area contributed by atoms with Crippen molar-refractivity contribution in [2.24, 2.45) is 5.73 Å². The van der Waals surface area contributed by atoms with Crippen molar-refractivity contribution < 1.29 is 14.6 Å². The molecule has 1 aromatic rings. The fraction of sp³-hybridized carbons (Fsp3) is 0.500. The maximum Gasteiger partial charge on any atom is 0.330 e. The van der Waals surface area contributed by atoms with Crippen LogP contribution in [0.25, 0.3) is 6.08 Å². The Balaban J connectivity index is 1.96. The average Bonchev–Trinajstić information content (AvgIpc) is 3.13. The number of carbonyl (C=O) groups excluding carboxylic acids is 1. The second kappa shape index (κ2) is 10.6. The number of nitrogens with two attached hydrogens (primary N) is 1. The van der Waals surface area contributed by atoms with E-state index in [1.807, 2.05) is 0 Å². The number of unbranched alkanes of at least 4 members (excludes halogenated alkanes) is 3. The lowest BCUT2D eigenvalue weighted by Gasteiger charge is -2.15. The lowest BCUT2D eigenvalue weighted by atomic mass is 10.2. The summed E-state index contributed by atoms with van der Waals surface area (Å²) in [7, 11) is 0. The van der Waals surface area contributed by atoms with E-state index in [9.17, 15) is 14.4 Å². The minimum atomic E-state index is -0.721. The Morgan fingerprint density at radius 2 is 2.07 bits per heavy atom. The molecule has 0 aromatic carbocycles. The van der Waals surface area contributed by atoms with Crippen LogP contribution in [0.3, 0.4) is 0 Å².